The van der Waals surface area contributed by atoms with E-state index >= 15 is 0 Å². The molecule has 0 aliphatic carbocycles. The fourth-order valence-electron chi connectivity index (χ4n) is 2.95. The second kappa shape index (κ2) is 12.5. The van der Waals surface area contributed by atoms with Gasteiger partial charge in [0.15, 0.2) is 0 Å². The van der Waals surface area contributed by atoms with Crippen molar-refractivity contribution in [3.05, 3.63) is 58.3 Å². The highest BCUT2D eigenvalue weighted by Gasteiger charge is 2.08. The first-order valence-electron chi connectivity index (χ1n) is 10.3. The summed E-state index contributed by atoms with van der Waals surface area (Å²) in [7, 11) is 0. The molecule has 0 atom stereocenters. The summed E-state index contributed by atoms with van der Waals surface area (Å²) in [5.41, 5.74) is 0.757. The van der Waals surface area contributed by atoms with Crippen molar-refractivity contribution in [2.45, 2.75) is 58.3 Å². The Hall–Kier alpha value is -2.89. The Morgan fingerprint density at radius 3 is 2.31 bits per heavy atom. The molecule has 156 valence electrons. The molecule has 2 aromatic rings. The molecule has 0 N–H and O–H groups in total. The first kappa shape index (κ1) is 22.4. The van der Waals surface area contributed by atoms with Gasteiger partial charge in [-0.3, -0.25) is 10.1 Å². The van der Waals surface area contributed by atoms with Gasteiger partial charge in [0.2, 0.25) is 0 Å². The van der Waals surface area contributed by atoms with Crippen molar-refractivity contribution >= 4 is 17.7 Å². The monoisotopic (exact) mass is 399 g/mol. The van der Waals surface area contributed by atoms with E-state index in [0.717, 1.165) is 18.4 Å². The minimum atomic E-state index is -0.445. The number of hydrogen-bond donors (Lipinski definition) is 0. The predicted octanol–water partition coefficient (Wildman–Crippen LogP) is 6.55. The average molecular weight is 399 g/mol. The van der Waals surface area contributed by atoms with Gasteiger partial charge in [-0.1, -0.05) is 51.9 Å². The summed E-state index contributed by atoms with van der Waals surface area (Å²) in [5.74, 6) is 0.704. The van der Waals surface area contributed by atoms with Gasteiger partial charge >= 0.3 is 5.97 Å². The highest BCUT2D eigenvalue weighted by atomic mass is 16.6. The van der Waals surface area contributed by atoms with E-state index in [9.17, 15) is 14.9 Å². The van der Waals surface area contributed by atoms with E-state index in [4.69, 9.17) is 9.15 Å². The van der Waals surface area contributed by atoms with E-state index in [2.05, 4.69) is 6.92 Å². The summed E-state index contributed by atoms with van der Waals surface area (Å²) in [6.07, 6.45) is 12.5. The molecule has 1 aromatic carbocycles. The number of furan rings is 1. The smallest absolute Gasteiger partial charge is 0.330 e. The van der Waals surface area contributed by atoms with Crippen LogP contribution in [0.25, 0.3) is 17.4 Å². The van der Waals surface area contributed by atoms with E-state index in [1.165, 1.54) is 56.7 Å². The van der Waals surface area contributed by atoms with Crippen LogP contribution in [0.15, 0.2) is 46.9 Å². The first-order chi connectivity index (χ1) is 14.1. The number of rotatable bonds is 13. The fourth-order valence-corrected chi connectivity index (χ4v) is 2.95. The number of nitro benzene ring substituents is 1. The number of nitrogens with zero attached hydrogens (tertiary/aromatic N) is 1. The molecule has 0 spiro atoms. The summed E-state index contributed by atoms with van der Waals surface area (Å²) < 4.78 is 10.9. The average Bonchev–Trinajstić information content (AvgIpc) is 3.20. The highest BCUT2D eigenvalue weighted by molar-refractivity contribution is 5.86. The molecule has 0 fully saturated rings. The van der Waals surface area contributed by atoms with Gasteiger partial charge in [-0.05, 0) is 36.8 Å². The number of carbonyl (C=O) groups excluding carboxylic acids is 1. The van der Waals surface area contributed by atoms with Crippen LogP contribution in [0.1, 0.15) is 64.1 Å². The zero-order chi connectivity index (χ0) is 20.9. The molecule has 0 aliphatic rings. The quantitative estimate of drug-likeness (QED) is 0.125. The lowest BCUT2D eigenvalue weighted by Gasteiger charge is -2.02. The molecule has 1 heterocycles. The third-order valence-electron chi connectivity index (χ3n) is 4.62. The second-order valence-corrected chi connectivity index (χ2v) is 6.98. The second-order valence-electron chi connectivity index (χ2n) is 6.98. The van der Waals surface area contributed by atoms with Crippen molar-refractivity contribution in [2.75, 3.05) is 6.61 Å². The van der Waals surface area contributed by atoms with E-state index in [1.54, 1.807) is 30.3 Å². The van der Waals surface area contributed by atoms with Gasteiger partial charge in [0.25, 0.3) is 5.69 Å². The minimum Gasteiger partial charge on any atom is -0.463 e. The fraction of sp³-hybridized carbons (Fsp3) is 0.435. The van der Waals surface area contributed by atoms with Crippen LogP contribution >= 0.6 is 0 Å². The molecule has 0 unspecified atom stereocenters. The zero-order valence-electron chi connectivity index (χ0n) is 17.0. The SMILES string of the molecule is CCCCCCCCCCOC(=O)/C=C/c1ccc(-c2ccc([N+](=O)[O-])cc2)o1. The van der Waals surface area contributed by atoms with Gasteiger partial charge in [0.05, 0.1) is 11.5 Å². The number of hydrogen-bond acceptors (Lipinski definition) is 5. The Morgan fingerprint density at radius 2 is 1.66 bits per heavy atom. The number of nitro groups is 1. The Bertz CT molecular complexity index is 792. The lowest BCUT2D eigenvalue weighted by atomic mass is 10.1. The Labute approximate surface area is 171 Å². The molecule has 6 heteroatoms. The van der Waals surface area contributed by atoms with Crippen LogP contribution in [0.5, 0.6) is 0 Å². The van der Waals surface area contributed by atoms with Crippen LogP contribution in [0.4, 0.5) is 5.69 Å². The van der Waals surface area contributed by atoms with Crippen molar-refractivity contribution in [3.63, 3.8) is 0 Å². The van der Waals surface area contributed by atoms with Gasteiger partial charge < -0.3 is 9.15 Å². The molecule has 0 amide bonds. The van der Waals surface area contributed by atoms with Crippen molar-refractivity contribution in [1.82, 2.24) is 0 Å². The Balaban J connectivity index is 1.68. The maximum absolute atomic E-state index is 11.8. The molecule has 29 heavy (non-hydrogen) atoms. The molecule has 0 aliphatic heterocycles. The number of benzene rings is 1. The lowest BCUT2D eigenvalue weighted by molar-refractivity contribution is -0.384. The molecule has 0 bridgehead atoms. The molecule has 0 saturated heterocycles. The summed E-state index contributed by atoms with van der Waals surface area (Å²) in [5, 5.41) is 10.7. The van der Waals surface area contributed by atoms with Crippen LogP contribution < -0.4 is 0 Å². The third-order valence-corrected chi connectivity index (χ3v) is 4.62. The van der Waals surface area contributed by atoms with Crippen molar-refractivity contribution in [2.24, 2.45) is 0 Å². The Kier molecular flexibility index (Phi) is 9.69. The van der Waals surface area contributed by atoms with Crippen LogP contribution in [0.3, 0.4) is 0 Å². The zero-order valence-corrected chi connectivity index (χ0v) is 17.0. The van der Waals surface area contributed by atoms with Gasteiger partial charge in [-0.2, -0.15) is 0 Å². The number of esters is 1. The summed E-state index contributed by atoms with van der Waals surface area (Å²) in [4.78, 5) is 22.0. The molecule has 6 nitrogen and oxygen atoms in total. The molecule has 1 aromatic heterocycles. The van der Waals surface area contributed by atoms with Crippen LogP contribution in [-0.2, 0) is 9.53 Å². The van der Waals surface area contributed by atoms with Gasteiger partial charge in [0, 0.05) is 23.8 Å². The van der Waals surface area contributed by atoms with Crippen molar-refractivity contribution in [3.8, 4) is 11.3 Å². The van der Waals surface area contributed by atoms with Gasteiger partial charge in [-0.25, -0.2) is 4.79 Å². The number of carbonyl (C=O) groups is 1. The van der Waals surface area contributed by atoms with Crippen LogP contribution in [-0.4, -0.2) is 17.5 Å². The van der Waals surface area contributed by atoms with E-state index in [-0.39, 0.29) is 11.7 Å². The van der Waals surface area contributed by atoms with Crippen LogP contribution in [0.2, 0.25) is 0 Å². The third kappa shape index (κ3) is 8.34. The standard InChI is InChI=1S/C23H29NO5/c1-2-3-4-5-6-7-8-9-18-28-23(25)17-15-21-14-16-22(29-21)19-10-12-20(13-11-19)24(26)27/h10-17H,2-9,18H2,1H3/b17-15+. The molecular weight excluding hydrogens is 370 g/mol. The topological polar surface area (TPSA) is 82.6 Å². The van der Waals surface area contributed by atoms with Gasteiger partial charge in [0.1, 0.15) is 11.5 Å². The molecule has 0 radical (unpaired) electrons. The molecular formula is C23H29NO5. The Morgan fingerprint density at radius 1 is 1.00 bits per heavy atom. The van der Waals surface area contributed by atoms with E-state index in [0.29, 0.717) is 18.1 Å². The summed E-state index contributed by atoms with van der Waals surface area (Å²) in [6.45, 7) is 2.65. The molecule has 0 saturated carbocycles. The van der Waals surface area contributed by atoms with E-state index < -0.39 is 4.92 Å². The number of ether oxygens (including phenoxy) is 1. The summed E-state index contributed by atoms with van der Waals surface area (Å²) >= 11 is 0. The normalized spacial score (nSPS) is 11.1. The minimum absolute atomic E-state index is 0.0275. The first-order valence-corrected chi connectivity index (χ1v) is 10.3. The number of non-ortho nitro benzene ring substituents is 1. The molecule has 2 rings (SSSR count). The van der Waals surface area contributed by atoms with Crippen molar-refractivity contribution in [1.29, 1.82) is 0 Å². The van der Waals surface area contributed by atoms with Gasteiger partial charge in [-0.15, -0.1) is 0 Å². The summed E-state index contributed by atoms with van der Waals surface area (Å²) in [6, 6.07) is 9.60. The highest BCUT2D eigenvalue weighted by Crippen LogP contribution is 2.25. The number of unbranched alkanes of at least 4 members (excludes halogenated alkanes) is 7. The predicted molar refractivity (Wildman–Crippen MR) is 113 cm³/mol. The maximum Gasteiger partial charge on any atom is 0.330 e. The van der Waals surface area contributed by atoms with Crippen molar-refractivity contribution < 1.29 is 18.9 Å². The van der Waals surface area contributed by atoms with E-state index in [1.807, 2.05) is 0 Å². The maximum atomic E-state index is 11.8. The largest absolute Gasteiger partial charge is 0.463 e. The van der Waals surface area contributed by atoms with Crippen LogP contribution in [0, 0.1) is 10.1 Å². The lowest BCUT2D eigenvalue weighted by Crippen LogP contribution is -2.02.